The van der Waals surface area contributed by atoms with Gasteiger partial charge in [0.1, 0.15) is 0 Å². The Hall–Kier alpha value is -1.75. The van der Waals surface area contributed by atoms with E-state index in [4.69, 9.17) is 10.5 Å². The summed E-state index contributed by atoms with van der Waals surface area (Å²) in [6.07, 6.45) is 2.07. The predicted molar refractivity (Wildman–Crippen MR) is 71.5 cm³/mol. The zero-order valence-corrected chi connectivity index (χ0v) is 10.6. The fourth-order valence-corrected chi connectivity index (χ4v) is 2.06. The van der Waals surface area contributed by atoms with Gasteiger partial charge in [0.05, 0.1) is 6.10 Å². The molecular formula is C13H19N3O2. The van der Waals surface area contributed by atoms with Crippen LogP contribution in [0.4, 0.5) is 16.2 Å². The fraction of sp³-hybridized carbons (Fsp3) is 0.462. The van der Waals surface area contributed by atoms with E-state index in [-0.39, 0.29) is 12.1 Å². The monoisotopic (exact) mass is 249 g/mol. The molecule has 0 saturated carbocycles. The second kappa shape index (κ2) is 5.73. The van der Waals surface area contributed by atoms with E-state index in [2.05, 4.69) is 5.32 Å². The van der Waals surface area contributed by atoms with Gasteiger partial charge in [-0.05, 0) is 37.1 Å². The number of nitrogens with two attached hydrogens (primary N) is 1. The molecule has 2 rings (SSSR count). The van der Waals surface area contributed by atoms with Crippen LogP contribution in [0.3, 0.4) is 0 Å². The van der Waals surface area contributed by atoms with Crippen molar-refractivity contribution in [3.8, 4) is 0 Å². The number of amides is 2. The highest BCUT2D eigenvalue weighted by atomic mass is 16.5. The van der Waals surface area contributed by atoms with E-state index in [1.54, 1.807) is 31.4 Å². The maximum atomic E-state index is 12.0. The van der Waals surface area contributed by atoms with Crippen LogP contribution in [0.2, 0.25) is 0 Å². The minimum Gasteiger partial charge on any atom is -0.399 e. The Kier molecular flexibility index (Phi) is 4.04. The Morgan fingerprint density at radius 1 is 1.33 bits per heavy atom. The molecule has 0 spiro atoms. The van der Waals surface area contributed by atoms with Crippen LogP contribution in [0.15, 0.2) is 24.3 Å². The first kappa shape index (κ1) is 12.7. The van der Waals surface area contributed by atoms with Gasteiger partial charge in [-0.1, -0.05) is 0 Å². The Labute approximate surface area is 107 Å². The van der Waals surface area contributed by atoms with Gasteiger partial charge in [0, 0.05) is 31.6 Å². The quantitative estimate of drug-likeness (QED) is 0.787. The molecule has 1 fully saturated rings. The lowest BCUT2D eigenvalue weighted by atomic mass is 10.1. The fourth-order valence-electron chi connectivity index (χ4n) is 2.06. The number of rotatable bonds is 2. The topological polar surface area (TPSA) is 67.6 Å². The third-order valence-electron chi connectivity index (χ3n) is 3.22. The summed E-state index contributed by atoms with van der Waals surface area (Å²) in [7, 11) is 1.72. The number of piperidine rings is 1. The number of anilines is 2. The van der Waals surface area contributed by atoms with Crippen LogP contribution < -0.4 is 11.1 Å². The van der Waals surface area contributed by atoms with Gasteiger partial charge in [-0.25, -0.2) is 4.79 Å². The molecule has 0 radical (unpaired) electrons. The van der Waals surface area contributed by atoms with Crippen LogP contribution in [0.5, 0.6) is 0 Å². The van der Waals surface area contributed by atoms with Crippen LogP contribution in [0, 0.1) is 0 Å². The van der Waals surface area contributed by atoms with E-state index in [0.29, 0.717) is 5.69 Å². The summed E-state index contributed by atoms with van der Waals surface area (Å²) in [5, 5.41) is 2.86. The summed E-state index contributed by atoms with van der Waals surface area (Å²) in [5.74, 6) is 0. The van der Waals surface area contributed by atoms with Gasteiger partial charge in [-0.15, -0.1) is 0 Å². The standard InChI is InChI=1S/C13H19N3O2/c1-18-12-6-8-16(9-7-12)13(17)15-11-4-2-10(14)3-5-11/h2-5,12H,6-9,14H2,1H3,(H,15,17). The van der Waals surface area contributed by atoms with Crippen molar-refractivity contribution in [1.82, 2.24) is 4.90 Å². The number of nitrogen functional groups attached to an aromatic ring is 1. The summed E-state index contributed by atoms with van der Waals surface area (Å²) in [5.41, 5.74) is 7.05. The van der Waals surface area contributed by atoms with Crippen LogP contribution >= 0.6 is 0 Å². The molecule has 3 N–H and O–H groups in total. The number of hydrogen-bond donors (Lipinski definition) is 2. The predicted octanol–water partition coefficient (Wildman–Crippen LogP) is 1.91. The van der Waals surface area contributed by atoms with Gasteiger partial charge in [0.25, 0.3) is 0 Å². The number of nitrogens with zero attached hydrogens (tertiary/aromatic N) is 1. The van der Waals surface area contributed by atoms with Crippen LogP contribution in [-0.4, -0.2) is 37.2 Å². The number of ether oxygens (including phenoxy) is 1. The summed E-state index contributed by atoms with van der Waals surface area (Å²) < 4.78 is 5.28. The van der Waals surface area contributed by atoms with Gasteiger partial charge in [-0.3, -0.25) is 0 Å². The molecule has 1 heterocycles. The molecule has 1 aliphatic rings. The highest BCUT2D eigenvalue weighted by Crippen LogP contribution is 2.15. The summed E-state index contributed by atoms with van der Waals surface area (Å²) in [6.45, 7) is 1.47. The molecule has 1 aromatic rings. The van der Waals surface area contributed by atoms with Gasteiger partial charge in [0.2, 0.25) is 0 Å². The normalized spacial score (nSPS) is 16.6. The largest absolute Gasteiger partial charge is 0.399 e. The van der Waals surface area contributed by atoms with Crippen molar-refractivity contribution in [2.24, 2.45) is 0 Å². The van der Waals surface area contributed by atoms with Crippen LogP contribution in [0.1, 0.15) is 12.8 Å². The SMILES string of the molecule is COC1CCN(C(=O)Nc2ccc(N)cc2)CC1. The van der Waals surface area contributed by atoms with Gasteiger partial charge in [-0.2, -0.15) is 0 Å². The van der Waals surface area contributed by atoms with E-state index in [9.17, 15) is 4.79 Å². The summed E-state index contributed by atoms with van der Waals surface area (Å²) in [6, 6.07) is 7.08. The average Bonchev–Trinajstić information content (AvgIpc) is 2.41. The molecule has 0 bridgehead atoms. The molecule has 1 aliphatic heterocycles. The highest BCUT2D eigenvalue weighted by Gasteiger charge is 2.22. The number of urea groups is 1. The number of carbonyl (C=O) groups is 1. The zero-order valence-electron chi connectivity index (χ0n) is 10.6. The Morgan fingerprint density at radius 2 is 1.94 bits per heavy atom. The Bertz CT molecular complexity index is 397. The minimum atomic E-state index is -0.0608. The third-order valence-corrected chi connectivity index (χ3v) is 3.22. The first-order valence-electron chi connectivity index (χ1n) is 6.13. The van der Waals surface area contributed by atoms with E-state index in [1.807, 2.05) is 4.90 Å². The number of methoxy groups -OCH3 is 1. The zero-order chi connectivity index (χ0) is 13.0. The van der Waals surface area contributed by atoms with Crippen molar-refractivity contribution in [1.29, 1.82) is 0 Å². The second-order valence-electron chi connectivity index (χ2n) is 4.47. The highest BCUT2D eigenvalue weighted by molar-refractivity contribution is 5.89. The number of benzene rings is 1. The van der Waals surface area contributed by atoms with Crippen molar-refractivity contribution in [3.05, 3.63) is 24.3 Å². The molecule has 1 aromatic carbocycles. The van der Waals surface area contributed by atoms with Crippen LogP contribution in [0.25, 0.3) is 0 Å². The molecule has 18 heavy (non-hydrogen) atoms. The molecule has 0 aliphatic carbocycles. The summed E-state index contributed by atoms with van der Waals surface area (Å²) >= 11 is 0. The Morgan fingerprint density at radius 3 is 2.50 bits per heavy atom. The molecule has 0 unspecified atom stereocenters. The van der Waals surface area contributed by atoms with Gasteiger partial charge < -0.3 is 20.7 Å². The molecule has 0 aromatic heterocycles. The molecule has 98 valence electrons. The maximum Gasteiger partial charge on any atom is 0.321 e. The first-order chi connectivity index (χ1) is 8.69. The van der Waals surface area contributed by atoms with Crippen LogP contribution in [-0.2, 0) is 4.74 Å². The number of nitrogens with one attached hydrogen (secondary N) is 1. The van der Waals surface area contributed by atoms with Gasteiger partial charge >= 0.3 is 6.03 Å². The van der Waals surface area contributed by atoms with Crippen molar-refractivity contribution >= 4 is 17.4 Å². The average molecular weight is 249 g/mol. The third kappa shape index (κ3) is 3.13. The summed E-state index contributed by atoms with van der Waals surface area (Å²) in [4.78, 5) is 13.8. The van der Waals surface area contributed by atoms with E-state index < -0.39 is 0 Å². The van der Waals surface area contributed by atoms with Crippen molar-refractivity contribution < 1.29 is 9.53 Å². The second-order valence-corrected chi connectivity index (χ2v) is 4.47. The molecule has 5 nitrogen and oxygen atoms in total. The van der Waals surface area contributed by atoms with Gasteiger partial charge in [0.15, 0.2) is 0 Å². The molecule has 0 atom stereocenters. The van der Waals surface area contributed by atoms with Crippen molar-refractivity contribution in [3.63, 3.8) is 0 Å². The first-order valence-corrected chi connectivity index (χ1v) is 6.13. The smallest absolute Gasteiger partial charge is 0.321 e. The molecule has 5 heteroatoms. The molecular weight excluding hydrogens is 230 g/mol. The maximum absolute atomic E-state index is 12.0. The van der Waals surface area contributed by atoms with E-state index in [1.165, 1.54) is 0 Å². The van der Waals surface area contributed by atoms with Crippen molar-refractivity contribution in [2.75, 3.05) is 31.2 Å². The lowest BCUT2D eigenvalue weighted by Crippen LogP contribution is -2.42. The minimum absolute atomic E-state index is 0.0608. The van der Waals surface area contributed by atoms with E-state index in [0.717, 1.165) is 31.6 Å². The lowest BCUT2D eigenvalue weighted by molar-refractivity contribution is 0.0521. The van der Waals surface area contributed by atoms with Crippen molar-refractivity contribution in [2.45, 2.75) is 18.9 Å². The molecule has 2 amide bonds. The number of carbonyl (C=O) groups excluding carboxylic acids is 1. The number of hydrogen-bond acceptors (Lipinski definition) is 3. The Balaban J connectivity index is 1.87. The number of likely N-dealkylation sites (tertiary alicyclic amines) is 1. The lowest BCUT2D eigenvalue weighted by Gasteiger charge is -2.31. The van der Waals surface area contributed by atoms with E-state index >= 15 is 0 Å². The molecule has 1 saturated heterocycles.